The second-order valence-corrected chi connectivity index (χ2v) is 4.67. The summed E-state index contributed by atoms with van der Waals surface area (Å²) in [5.74, 6) is 0.679. The molecule has 1 aromatic rings. The van der Waals surface area contributed by atoms with Crippen molar-refractivity contribution in [1.29, 1.82) is 0 Å². The van der Waals surface area contributed by atoms with Crippen LogP contribution in [0.1, 0.15) is 19.3 Å². The summed E-state index contributed by atoms with van der Waals surface area (Å²) < 4.78 is 0. The molecule has 1 aromatic heterocycles. The van der Waals surface area contributed by atoms with Crippen molar-refractivity contribution in [1.82, 2.24) is 4.98 Å². The molecule has 0 spiro atoms. The summed E-state index contributed by atoms with van der Waals surface area (Å²) in [6.07, 6.45) is 4.99. The minimum Gasteiger partial charge on any atom is -0.396 e. The van der Waals surface area contributed by atoms with Crippen molar-refractivity contribution in [3.05, 3.63) is 23.5 Å². The number of aromatic nitrogens is 1. The van der Waals surface area contributed by atoms with Crippen LogP contribution in [0.3, 0.4) is 0 Å². The molecule has 1 fully saturated rings. The van der Waals surface area contributed by atoms with Gasteiger partial charge in [0.2, 0.25) is 0 Å². The quantitative estimate of drug-likeness (QED) is 0.824. The summed E-state index contributed by atoms with van der Waals surface area (Å²) in [5, 5.41) is 9.45. The van der Waals surface area contributed by atoms with Crippen LogP contribution in [0.5, 0.6) is 0 Å². The predicted molar refractivity (Wildman–Crippen MR) is 65.9 cm³/mol. The van der Waals surface area contributed by atoms with Gasteiger partial charge in [0.15, 0.2) is 0 Å². The Morgan fingerprint density at radius 1 is 1.44 bits per heavy atom. The molecule has 1 aliphatic rings. The van der Waals surface area contributed by atoms with Gasteiger partial charge in [-0.2, -0.15) is 0 Å². The zero-order chi connectivity index (χ0) is 11.4. The minimum atomic E-state index is 0.311. The lowest BCUT2D eigenvalue weighted by molar-refractivity contribution is 0.240. The largest absolute Gasteiger partial charge is 0.396 e. The lowest BCUT2D eigenvalue weighted by Crippen LogP contribution is -2.33. The highest BCUT2D eigenvalue weighted by Crippen LogP contribution is 2.25. The Morgan fingerprint density at radius 3 is 2.81 bits per heavy atom. The van der Waals surface area contributed by atoms with Crippen molar-refractivity contribution in [2.75, 3.05) is 24.6 Å². The van der Waals surface area contributed by atoms with Crippen molar-refractivity contribution in [2.45, 2.75) is 19.3 Å². The molecule has 88 valence electrons. The fraction of sp³-hybridized carbons (Fsp3) is 0.583. The molecule has 1 N–H and O–H groups in total. The van der Waals surface area contributed by atoms with Gasteiger partial charge in [0, 0.05) is 31.6 Å². The first-order valence-corrected chi connectivity index (χ1v) is 6.15. The van der Waals surface area contributed by atoms with E-state index >= 15 is 0 Å². The predicted octanol–water partition coefficient (Wildman–Crippen LogP) is 2.33. The van der Waals surface area contributed by atoms with Gasteiger partial charge in [-0.05, 0) is 37.3 Å². The number of piperidine rings is 1. The molecule has 16 heavy (non-hydrogen) atoms. The molecule has 1 aliphatic heterocycles. The summed E-state index contributed by atoms with van der Waals surface area (Å²) in [7, 11) is 0. The molecule has 0 bridgehead atoms. The van der Waals surface area contributed by atoms with Gasteiger partial charge < -0.3 is 10.0 Å². The van der Waals surface area contributed by atoms with Gasteiger partial charge in [-0.25, -0.2) is 4.98 Å². The monoisotopic (exact) mass is 240 g/mol. The van der Waals surface area contributed by atoms with Crippen molar-refractivity contribution in [3.63, 3.8) is 0 Å². The van der Waals surface area contributed by atoms with E-state index in [1.165, 1.54) is 0 Å². The van der Waals surface area contributed by atoms with Crippen LogP contribution < -0.4 is 4.90 Å². The molecule has 2 heterocycles. The van der Waals surface area contributed by atoms with Crippen molar-refractivity contribution < 1.29 is 5.11 Å². The van der Waals surface area contributed by atoms with E-state index in [1.807, 2.05) is 12.1 Å². The number of hydrogen-bond acceptors (Lipinski definition) is 3. The maximum atomic E-state index is 8.90. The van der Waals surface area contributed by atoms with Crippen LogP contribution in [0.4, 0.5) is 5.69 Å². The molecule has 0 saturated carbocycles. The van der Waals surface area contributed by atoms with Crippen molar-refractivity contribution >= 4 is 17.3 Å². The maximum absolute atomic E-state index is 8.90. The number of rotatable bonds is 3. The van der Waals surface area contributed by atoms with Gasteiger partial charge in [0.05, 0.1) is 0 Å². The lowest BCUT2D eigenvalue weighted by Gasteiger charge is -2.33. The number of aliphatic hydroxyl groups excluding tert-OH is 1. The molecule has 0 atom stereocenters. The Morgan fingerprint density at radius 2 is 2.19 bits per heavy atom. The number of hydrogen-bond donors (Lipinski definition) is 1. The number of pyridine rings is 1. The topological polar surface area (TPSA) is 36.4 Å². The Balaban J connectivity index is 1.94. The highest BCUT2D eigenvalue weighted by Gasteiger charge is 2.18. The third kappa shape index (κ3) is 2.86. The highest BCUT2D eigenvalue weighted by atomic mass is 35.5. The van der Waals surface area contributed by atoms with E-state index in [4.69, 9.17) is 16.7 Å². The van der Waals surface area contributed by atoms with Crippen LogP contribution in [0.25, 0.3) is 0 Å². The Bertz CT molecular complexity index is 338. The first-order valence-electron chi connectivity index (χ1n) is 5.77. The van der Waals surface area contributed by atoms with Crippen LogP contribution in [0.2, 0.25) is 5.15 Å². The van der Waals surface area contributed by atoms with Crippen molar-refractivity contribution in [2.24, 2.45) is 5.92 Å². The molecule has 0 unspecified atom stereocenters. The summed E-state index contributed by atoms with van der Waals surface area (Å²) in [6.45, 7) is 2.40. The molecule has 2 rings (SSSR count). The average molecular weight is 241 g/mol. The smallest absolute Gasteiger partial charge is 0.131 e. The average Bonchev–Trinajstić information content (AvgIpc) is 2.30. The fourth-order valence-corrected chi connectivity index (χ4v) is 2.42. The number of halogens is 1. The number of anilines is 1. The van der Waals surface area contributed by atoms with E-state index < -0.39 is 0 Å². The van der Waals surface area contributed by atoms with Crippen molar-refractivity contribution in [3.8, 4) is 0 Å². The first-order chi connectivity index (χ1) is 7.79. The third-order valence-electron chi connectivity index (χ3n) is 3.23. The Kier molecular flexibility index (Phi) is 4.02. The number of nitrogens with zero attached hydrogens (tertiary/aromatic N) is 2. The third-order valence-corrected chi connectivity index (χ3v) is 3.43. The first kappa shape index (κ1) is 11.7. The summed E-state index contributed by atoms with van der Waals surface area (Å²) in [6, 6.07) is 3.91. The van der Waals surface area contributed by atoms with Crippen LogP contribution in [0.15, 0.2) is 18.3 Å². The molecule has 1 saturated heterocycles. The molecule has 0 amide bonds. The molecule has 0 aliphatic carbocycles. The molecule has 4 heteroatoms. The van der Waals surface area contributed by atoms with E-state index in [0.29, 0.717) is 17.7 Å². The van der Waals surface area contributed by atoms with E-state index in [-0.39, 0.29) is 0 Å². The molecule has 0 radical (unpaired) electrons. The molecule has 0 aromatic carbocycles. The van der Waals surface area contributed by atoms with Gasteiger partial charge >= 0.3 is 0 Å². The van der Waals surface area contributed by atoms with Gasteiger partial charge in [-0.1, -0.05) is 11.6 Å². The van der Waals surface area contributed by atoms with Gasteiger partial charge in [0.1, 0.15) is 5.15 Å². The summed E-state index contributed by atoms with van der Waals surface area (Å²) in [4.78, 5) is 6.32. The standard InChI is InChI=1S/C12H17ClN2O/c13-12-9-11(1-5-14-12)15-6-2-10(3-7-15)4-8-16/h1,5,9-10,16H,2-4,6-8H2. The second-order valence-electron chi connectivity index (χ2n) is 4.28. The fourth-order valence-electron chi connectivity index (χ4n) is 2.25. The second kappa shape index (κ2) is 5.51. The van der Waals surface area contributed by atoms with E-state index in [1.54, 1.807) is 6.20 Å². The van der Waals surface area contributed by atoms with Crippen LogP contribution >= 0.6 is 11.6 Å². The zero-order valence-corrected chi connectivity index (χ0v) is 10.0. The minimum absolute atomic E-state index is 0.311. The zero-order valence-electron chi connectivity index (χ0n) is 9.27. The maximum Gasteiger partial charge on any atom is 0.131 e. The highest BCUT2D eigenvalue weighted by molar-refractivity contribution is 6.29. The summed E-state index contributed by atoms with van der Waals surface area (Å²) >= 11 is 5.87. The Hall–Kier alpha value is -0.800. The SMILES string of the molecule is OCCC1CCN(c2ccnc(Cl)c2)CC1. The van der Waals surface area contributed by atoms with E-state index in [9.17, 15) is 0 Å². The van der Waals surface area contributed by atoms with Gasteiger partial charge in [0.25, 0.3) is 0 Å². The molecular formula is C12H17ClN2O. The summed E-state index contributed by atoms with van der Waals surface area (Å²) in [5.41, 5.74) is 1.16. The normalized spacial score (nSPS) is 17.8. The van der Waals surface area contributed by atoms with Gasteiger partial charge in [-0.15, -0.1) is 0 Å². The van der Waals surface area contributed by atoms with Gasteiger partial charge in [-0.3, -0.25) is 0 Å². The van der Waals surface area contributed by atoms with E-state index in [2.05, 4.69) is 9.88 Å². The Labute approximate surface area is 101 Å². The van der Waals surface area contributed by atoms with Crippen LogP contribution in [-0.4, -0.2) is 29.8 Å². The molecule has 3 nitrogen and oxygen atoms in total. The van der Waals surface area contributed by atoms with E-state index in [0.717, 1.165) is 38.0 Å². The number of aliphatic hydroxyl groups is 1. The molecular weight excluding hydrogens is 224 g/mol. The lowest BCUT2D eigenvalue weighted by atomic mass is 9.94. The van der Waals surface area contributed by atoms with Crippen LogP contribution in [-0.2, 0) is 0 Å². The van der Waals surface area contributed by atoms with Crippen LogP contribution in [0, 0.1) is 5.92 Å².